The summed E-state index contributed by atoms with van der Waals surface area (Å²) in [6.45, 7) is 4.43. The summed E-state index contributed by atoms with van der Waals surface area (Å²) >= 11 is 0. The Morgan fingerprint density at radius 2 is 1.77 bits per heavy atom. The van der Waals surface area contributed by atoms with Gasteiger partial charge in [0.15, 0.2) is 6.10 Å². The van der Waals surface area contributed by atoms with Gasteiger partial charge in [-0.3, -0.25) is 4.79 Å². The number of rotatable bonds is 7. The molecule has 0 heterocycles. The Morgan fingerprint density at radius 3 is 2.45 bits per heavy atom. The maximum absolute atomic E-state index is 12.3. The van der Waals surface area contributed by atoms with E-state index in [2.05, 4.69) is 5.32 Å². The molecule has 0 unspecified atom stereocenters. The zero-order valence-corrected chi connectivity index (χ0v) is 12.9. The molecule has 22 heavy (non-hydrogen) atoms. The predicted octanol–water partition coefficient (Wildman–Crippen LogP) is 3.88. The van der Waals surface area contributed by atoms with Gasteiger partial charge in [-0.1, -0.05) is 31.2 Å². The molecule has 0 aliphatic rings. The number of hydrogen-bond acceptors (Lipinski definition) is 3. The summed E-state index contributed by atoms with van der Waals surface area (Å²) in [6, 6.07) is 16.7. The molecule has 2 aromatic carbocycles. The second-order valence-electron chi connectivity index (χ2n) is 4.78. The van der Waals surface area contributed by atoms with E-state index < -0.39 is 6.10 Å². The molecule has 0 bridgehead atoms. The van der Waals surface area contributed by atoms with E-state index >= 15 is 0 Å². The van der Waals surface area contributed by atoms with Crippen molar-refractivity contribution in [2.75, 3.05) is 11.9 Å². The molecule has 0 spiro atoms. The topological polar surface area (TPSA) is 47.6 Å². The second kappa shape index (κ2) is 8.08. The van der Waals surface area contributed by atoms with Crippen LogP contribution in [-0.4, -0.2) is 18.6 Å². The second-order valence-corrected chi connectivity index (χ2v) is 4.78. The van der Waals surface area contributed by atoms with Crippen molar-refractivity contribution in [1.82, 2.24) is 0 Å². The molecule has 0 aromatic heterocycles. The Morgan fingerprint density at radius 1 is 1.05 bits per heavy atom. The van der Waals surface area contributed by atoms with E-state index in [1.165, 1.54) is 0 Å². The first-order valence-corrected chi connectivity index (χ1v) is 7.48. The summed E-state index contributed by atoms with van der Waals surface area (Å²) < 4.78 is 11.2. The first-order valence-electron chi connectivity index (χ1n) is 7.48. The normalized spacial score (nSPS) is 11.5. The number of para-hydroxylation sites is 1. The number of ether oxygens (including phenoxy) is 2. The highest BCUT2D eigenvalue weighted by atomic mass is 16.5. The first-order chi connectivity index (χ1) is 10.7. The van der Waals surface area contributed by atoms with Crippen LogP contribution < -0.4 is 14.8 Å². The predicted molar refractivity (Wildman–Crippen MR) is 87.4 cm³/mol. The third-order valence-corrected chi connectivity index (χ3v) is 3.10. The number of amides is 1. The Hall–Kier alpha value is -2.49. The van der Waals surface area contributed by atoms with Crippen molar-refractivity contribution in [2.45, 2.75) is 26.4 Å². The molecule has 0 aliphatic carbocycles. The molecule has 0 saturated heterocycles. The molecule has 0 saturated carbocycles. The number of carbonyl (C=O) groups excluding carboxylic acids is 1. The van der Waals surface area contributed by atoms with Gasteiger partial charge >= 0.3 is 0 Å². The maximum Gasteiger partial charge on any atom is 0.265 e. The summed E-state index contributed by atoms with van der Waals surface area (Å²) in [4.78, 5) is 12.3. The number of hydrogen-bond donors (Lipinski definition) is 1. The summed E-state index contributed by atoms with van der Waals surface area (Å²) in [6.07, 6.45) is 0.0597. The summed E-state index contributed by atoms with van der Waals surface area (Å²) in [7, 11) is 0. The summed E-state index contributed by atoms with van der Waals surface area (Å²) in [5.41, 5.74) is 0.700. The van der Waals surface area contributed by atoms with Gasteiger partial charge in [-0.15, -0.1) is 0 Å². The Labute approximate surface area is 131 Å². The molecule has 1 amide bonds. The average Bonchev–Trinajstić information content (AvgIpc) is 2.54. The van der Waals surface area contributed by atoms with Crippen molar-refractivity contribution in [2.24, 2.45) is 0 Å². The fraction of sp³-hybridized carbons (Fsp3) is 0.278. The highest BCUT2D eigenvalue weighted by molar-refractivity contribution is 5.94. The number of anilines is 1. The lowest BCUT2D eigenvalue weighted by Crippen LogP contribution is -2.32. The number of nitrogens with one attached hydrogen (secondary N) is 1. The molecule has 0 fully saturated rings. The van der Waals surface area contributed by atoms with Crippen LogP contribution in [0.15, 0.2) is 54.6 Å². The van der Waals surface area contributed by atoms with Gasteiger partial charge in [0, 0.05) is 11.8 Å². The van der Waals surface area contributed by atoms with E-state index in [1.54, 1.807) is 6.07 Å². The molecule has 4 nitrogen and oxygen atoms in total. The van der Waals surface area contributed by atoms with Gasteiger partial charge in [0.25, 0.3) is 5.91 Å². The van der Waals surface area contributed by atoms with E-state index in [1.807, 2.05) is 62.4 Å². The van der Waals surface area contributed by atoms with Gasteiger partial charge in [0.05, 0.1) is 6.61 Å². The van der Waals surface area contributed by atoms with E-state index in [4.69, 9.17) is 9.47 Å². The highest BCUT2D eigenvalue weighted by Crippen LogP contribution is 2.19. The van der Waals surface area contributed by atoms with Crippen LogP contribution >= 0.6 is 0 Å². The van der Waals surface area contributed by atoms with E-state index in [0.29, 0.717) is 24.5 Å². The van der Waals surface area contributed by atoms with Crippen LogP contribution in [-0.2, 0) is 4.79 Å². The fourth-order valence-corrected chi connectivity index (χ4v) is 2.04. The lowest BCUT2D eigenvalue weighted by Gasteiger charge is -2.17. The smallest absolute Gasteiger partial charge is 0.265 e. The zero-order valence-electron chi connectivity index (χ0n) is 12.9. The van der Waals surface area contributed by atoms with Crippen LogP contribution in [0.5, 0.6) is 11.5 Å². The van der Waals surface area contributed by atoms with Crippen LogP contribution in [0.2, 0.25) is 0 Å². The Kier molecular flexibility index (Phi) is 5.83. The highest BCUT2D eigenvalue weighted by Gasteiger charge is 2.18. The van der Waals surface area contributed by atoms with Gasteiger partial charge < -0.3 is 14.8 Å². The van der Waals surface area contributed by atoms with E-state index in [-0.39, 0.29) is 5.91 Å². The molecule has 4 heteroatoms. The van der Waals surface area contributed by atoms with Gasteiger partial charge in [-0.25, -0.2) is 0 Å². The van der Waals surface area contributed by atoms with Crippen LogP contribution in [0.4, 0.5) is 5.69 Å². The minimum Gasteiger partial charge on any atom is -0.494 e. The van der Waals surface area contributed by atoms with Crippen LogP contribution in [0.3, 0.4) is 0 Å². The largest absolute Gasteiger partial charge is 0.494 e. The van der Waals surface area contributed by atoms with Crippen molar-refractivity contribution in [3.8, 4) is 11.5 Å². The molecular formula is C18H21NO3. The minimum absolute atomic E-state index is 0.167. The van der Waals surface area contributed by atoms with Crippen LogP contribution in [0.25, 0.3) is 0 Å². The molecule has 2 rings (SSSR count). The fourth-order valence-electron chi connectivity index (χ4n) is 2.04. The maximum atomic E-state index is 12.3. The molecule has 116 valence electrons. The Balaban J connectivity index is 2.01. The van der Waals surface area contributed by atoms with Crippen LogP contribution in [0.1, 0.15) is 20.3 Å². The Bertz CT molecular complexity index is 598. The summed E-state index contributed by atoms with van der Waals surface area (Å²) in [5.74, 6) is 1.25. The number of benzene rings is 2. The quantitative estimate of drug-likeness (QED) is 0.844. The van der Waals surface area contributed by atoms with Gasteiger partial charge in [-0.05, 0) is 37.6 Å². The lowest BCUT2D eigenvalue weighted by molar-refractivity contribution is -0.122. The van der Waals surface area contributed by atoms with E-state index in [0.717, 1.165) is 5.75 Å². The lowest BCUT2D eigenvalue weighted by atomic mass is 10.2. The summed E-state index contributed by atoms with van der Waals surface area (Å²) in [5, 5.41) is 2.87. The SMILES string of the molecule is CCOc1cccc(NC(=O)[C@H](CC)Oc2ccccc2)c1. The number of carbonyl (C=O) groups is 1. The van der Waals surface area contributed by atoms with Gasteiger partial charge in [0.1, 0.15) is 11.5 Å². The minimum atomic E-state index is -0.529. The first kappa shape index (κ1) is 15.9. The van der Waals surface area contributed by atoms with Crippen molar-refractivity contribution >= 4 is 11.6 Å². The monoisotopic (exact) mass is 299 g/mol. The van der Waals surface area contributed by atoms with Crippen molar-refractivity contribution in [1.29, 1.82) is 0 Å². The van der Waals surface area contributed by atoms with E-state index in [9.17, 15) is 4.79 Å². The van der Waals surface area contributed by atoms with Crippen molar-refractivity contribution in [3.05, 3.63) is 54.6 Å². The average molecular weight is 299 g/mol. The molecule has 0 aliphatic heterocycles. The molecule has 1 N–H and O–H groups in total. The molecule has 2 aromatic rings. The van der Waals surface area contributed by atoms with Crippen LogP contribution in [0, 0.1) is 0 Å². The molecule has 1 atom stereocenters. The third-order valence-electron chi connectivity index (χ3n) is 3.10. The van der Waals surface area contributed by atoms with Gasteiger partial charge in [-0.2, -0.15) is 0 Å². The van der Waals surface area contributed by atoms with Crippen molar-refractivity contribution in [3.63, 3.8) is 0 Å². The van der Waals surface area contributed by atoms with Crippen molar-refractivity contribution < 1.29 is 14.3 Å². The molecular weight excluding hydrogens is 278 g/mol. The standard InChI is InChI=1S/C18H21NO3/c1-3-17(22-15-10-6-5-7-11-15)18(20)19-14-9-8-12-16(13-14)21-4-2/h5-13,17H,3-4H2,1-2H3,(H,19,20)/t17-/m0/s1. The molecule has 0 radical (unpaired) electrons. The van der Waals surface area contributed by atoms with Gasteiger partial charge in [0.2, 0.25) is 0 Å². The zero-order chi connectivity index (χ0) is 15.8. The third kappa shape index (κ3) is 4.52.